The van der Waals surface area contributed by atoms with E-state index in [9.17, 15) is 0 Å². The van der Waals surface area contributed by atoms with Crippen molar-refractivity contribution in [1.82, 2.24) is 14.9 Å². The lowest BCUT2D eigenvalue weighted by Gasteiger charge is -2.36. The molecule has 0 N–H and O–H groups in total. The molecule has 0 radical (unpaired) electrons. The Kier molecular flexibility index (Phi) is 4.97. The van der Waals surface area contributed by atoms with E-state index in [0.717, 1.165) is 49.4 Å². The summed E-state index contributed by atoms with van der Waals surface area (Å²) in [6.45, 7) is 16.6. The van der Waals surface area contributed by atoms with E-state index in [1.54, 1.807) is 0 Å². The summed E-state index contributed by atoms with van der Waals surface area (Å²) in [7, 11) is 0. The first-order chi connectivity index (χ1) is 9.45. The zero-order chi connectivity index (χ0) is 14.7. The molecule has 20 heavy (non-hydrogen) atoms. The van der Waals surface area contributed by atoms with Crippen LogP contribution in [0.15, 0.2) is 6.07 Å². The maximum atomic E-state index is 4.74. The molecule has 1 saturated heterocycles. The minimum absolute atomic E-state index is 0.385. The van der Waals surface area contributed by atoms with Gasteiger partial charge >= 0.3 is 0 Å². The smallest absolute Gasteiger partial charge is 0.133 e. The molecule has 0 saturated carbocycles. The predicted octanol–water partition coefficient (Wildman–Crippen LogP) is 2.69. The van der Waals surface area contributed by atoms with Gasteiger partial charge in [-0.15, -0.1) is 0 Å². The molecule has 2 rings (SSSR count). The van der Waals surface area contributed by atoms with Crippen LogP contribution in [0.2, 0.25) is 0 Å². The van der Waals surface area contributed by atoms with Crippen LogP contribution in [0.4, 0.5) is 5.82 Å². The molecule has 0 amide bonds. The number of piperazine rings is 1. The standard InChI is InChI=1S/C16H28N4/c1-12(2)11-19-6-8-20(9-7-19)15-10-14(5)17-16(18-15)13(3)4/h10,12-13H,6-9,11H2,1-5H3. The average Bonchev–Trinajstić information content (AvgIpc) is 2.38. The summed E-state index contributed by atoms with van der Waals surface area (Å²) in [6, 6.07) is 2.12. The Labute approximate surface area is 123 Å². The topological polar surface area (TPSA) is 32.3 Å². The molecule has 112 valence electrons. The van der Waals surface area contributed by atoms with Crippen LogP contribution in [0, 0.1) is 12.8 Å². The van der Waals surface area contributed by atoms with Crippen molar-refractivity contribution >= 4 is 5.82 Å². The van der Waals surface area contributed by atoms with E-state index in [4.69, 9.17) is 4.98 Å². The fourth-order valence-electron chi connectivity index (χ4n) is 2.67. The first kappa shape index (κ1) is 15.2. The van der Waals surface area contributed by atoms with E-state index in [2.05, 4.69) is 55.5 Å². The molecule has 1 fully saturated rings. The zero-order valence-electron chi connectivity index (χ0n) is 13.6. The van der Waals surface area contributed by atoms with Crippen LogP contribution in [0.1, 0.15) is 45.1 Å². The van der Waals surface area contributed by atoms with Crippen molar-refractivity contribution in [2.45, 2.75) is 40.5 Å². The largest absolute Gasteiger partial charge is 0.354 e. The SMILES string of the molecule is Cc1cc(N2CCN(CC(C)C)CC2)nc(C(C)C)n1. The third-order valence-electron chi connectivity index (χ3n) is 3.69. The maximum Gasteiger partial charge on any atom is 0.133 e. The van der Waals surface area contributed by atoms with E-state index in [-0.39, 0.29) is 0 Å². The summed E-state index contributed by atoms with van der Waals surface area (Å²) in [4.78, 5) is 14.2. The Morgan fingerprint density at radius 3 is 2.25 bits per heavy atom. The normalized spacial score (nSPS) is 17.2. The summed E-state index contributed by atoms with van der Waals surface area (Å²) < 4.78 is 0. The van der Waals surface area contributed by atoms with Crippen molar-refractivity contribution in [3.63, 3.8) is 0 Å². The van der Waals surface area contributed by atoms with Crippen LogP contribution in [-0.4, -0.2) is 47.6 Å². The van der Waals surface area contributed by atoms with Crippen LogP contribution in [-0.2, 0) is 0 Å². The van der Waals surface area contributed by atoms with Gasteiger partial charge in [-0.05, 0) is 12.8 Å². The quantitative estimate of drug-likeness (QED) is 0.846. The number of aryl methyl sites for hydroxylation is 1. The highest BCUT2D eigenvalue weighted by Gasteiger charge is 2.19. The summed E-state index contributed by atoms with van der Waals surface area (Å²) >= 11 is 0. The monoisotopic (exact) mass is 276 g/mol. The molecule has 1 aliphatic heterocycles. The minimum atomic E-state index is 0.385. The summed E-state index contributed by atoms with van der Waals surface area (Å²) in [6.07, 6.45) is 0. The Hall–Kier alpha value is -1.16. The Morgan fingerprint density at radius 1 is 1.05 bits per heavy atom. The molecular weight excluding hydrogens is 248 g/mol. The second-order valence-corrected chi connectivity index (χ2v) is 6.56. The van der Waals surface area contributed by atoms with Gasteiger partial charge in [-0.3, -0.25) is 4.90 Å². The Morgan fingerprint density at radius 2 is 1.70 bits per heavy atom. The first-order valence-electron chi connectivity index (χ1n) is 7.78. The third-order valence-corrected chi connectivity index (χ3v) is 3.69. The van der Waals surface area contributed by atoms with Crippen LogP contribution < -0.4 is 4.90 Å². The lowest BCUT2D eigenvalue weighted by Crippen LogP contribution is -2.47. The van der Waals surface area contributed by atoms with E-state index >= 15 is 0 Å². The van der Waals surface area contributed by atoms with Gasteiger partial charge in [0.15, 0.2) is 0 Å². The Balaban J connectivity index is 2.03. The van der Waals surface area contributed by atoms with E-state index in [0.29, 0.717) is 5.92 Å². The lowest BCUT2D eigenvalue weighted by molar-refractivity contribution is 0.231. The molecule has 4 heteroatoms. The van der Waals surface area contributed by atoms with Crippen LogP contribution in [0.25, 0.3) is 0 Å². The van der Waals surface area contributed by atoms with Crippen molar-refractivity contribution in [3.05, 3.63) is 17.6 Å². The number of hydrogen-bond donors (Lipinski definition) is 0. The van der Waals surface area contributed by atoms with Gasteiger partial charge in [-0.2, -0.15) is 0 Å². The van der Waals surface area contributed by atoms with Crippen LogP contribution >= 0.6 is 0 Å². The minimum Gasteiger partial charge on any atom is -0.354 e. The molecule has 0 aliphatic carbocycles. The molecule has 1 aromatic heterocycles. The van der Waals surface area contributed by atoms with Gasteiger partial charge in [0.25, 0.3) is 0 Å². The molecule has 2 heterocycles. The van der Waals surface area contributed by atoms with Crippen LogP contribution in [0.5, 0.6) is 0 Å². The molecule has 0 aromatic carbocycles. The summed E-state index contributed by atoms with van der Waals surface area (Å²) in [5.74, 6) is 3.20. The van der Waals surface area contributed by atoms with E-state index in [1.807, 2.05) is 0 Å². The second kappa shape index (κ2) is 6.53. The van der Waals surface area contributed by atoms with Crippen molar-refractivity contribution in [2.24, 2.45) is 5.92 Å². The van der Waals surface area contributed by atoms with Gasteiger partial charge in [0, 0.05) is 50.4 Å². The van der Waals surface area contributed by atoms with Crippen molar-refractivity contribution in [2.75, 3.05) is 37.6 Å². The first-order valence-corrected chi connectivity index (χ1v) is 7.78. The molecular formula is C16H28N4. The molecule has 0 atom stereocenters. The van der Waals surface area contributed by atoms with E-state index in [1.165, 1.54) is 6.54 Å². The lowest BCUT2D eigenvalue weighted by atomic mass is 10.2. The van der Waals surface area contributed by atoms with Gasteiger partial charge in [-0.1, -0.05) is 27.7 Å². The van der Waals surface area contributed by atoms with Crippen molar-refractivity contribution < 1.29 is 0 Å². The Bertz CT molecular complexity index is 434. The fourth-order valence-corrected chi connectivity index (χ4v) is 2.67. The molecule has 4 nitrogen and oxygen atoms in total. The number of nitrogens with zero attached hydrogens (tertiary/aromatic N) is 4. The fraction of sp³-hybridized carbons (Fsp3) is 0.750. The number of rotatable bonds is 4. The van der Waals surface area contributed by atoms with E-state index < -0.39 is 0 Å². The second-order valence-electron chi connectivity index (χ2n) is 6.56. The highest BCUT2D eigenvalue weighted by atomic mass is 15.3. The average molecular weight is 276 g/mol. The van der Waals surface area contributed by atoms with Gasteiger partial charge < -0.3 is 4.90 Å². The molecule has 0 bridgehead atoms. The van der Waals surface area contributed by atoms with Crippen molar-refractivity contribution in [3.8, 4) is 0 Å². The molecule has 0 spiro atoms. The van der Waals surface area contributed by atoms with Gasteiger partial charge in [0.1, 0.15) is 11.6 Å². The molecule has 1 aliphatic rings. The number of aromatic nitrogens is 2. The maximum absolute atomic E-state index is 4.74. The van der Waals surface area contributed by atoms with Crippen LogP contribution in [0.3, 0.4) is 0 Å². The highest BCUT2D eigenvalue weighted by molar-refractivity contribution is 5.40. The summed E-state index contributed by atoms with van der Waals surface area (Å²) in [5.41, 5.74) is 1.07. The highest BCUT2D eigenvalue weighted by Crippen LogP contribution is 2.18. The zero-order valence-corrected chi connectivity index (χ0v) is 13.6. The molecule has 0 unspecified atom stereocenters. The molecule has 1 aromatic rings. The van der Waals surface area contributed by atoms with Gasteiger partial charge in [0.2, 0.25) is 0 Å². The number of anilines is 1. The van der Waals surface area contributed by atoms with Gasteiger partial charge in [-0.25, -0.2) is 9.97 Å². The number of hydrogen-bond acceptors (Lipinski definition) is 4. The summed E-state index contributed by atoms with van der Waals surface area (Å²) in [5, 5.41) is 0. The van der Waals surface area contributed by atoms with Gasteiger partial charge in [0.05, 0.1) is 0 Å². The predicted molar refractivity (Wildman–Crippen MR) is 84.3 cm³/mol. The van der Waals surface area contributed by atoms with Crippen molar-refractivity contribution in [1.29, 1.82) is 0 Å². The third kappa shape index (κ3) is 3.92.